The van der Waals surface area contributed by atoms with Gasteiger partial charge in [-0.05, 0) is 43.2 Å². The Labute approximate surface area is 187 Å². The second kappa shape index (κ2) is 9.20. The minimum Gasteiger partial charge on any atom is -0.316 e. The zero-order chi connectivity index (χ0) is 23.7. The molecule has 1 atom stereocenters. The number of aryl methyl sites for hydroxylation is 1. The third kappa shape index (κ3) is 4.72. The standard InChI is InChI=1S/C22H22ClF3N4O2/c1-11(2)10-30(22(32)27-13-5-6-17(24)16(23)7-13)12(3)20-14-8-18(25)19(26)9-15(14)21(31)29(4)28-20/h5-9,11-12H,10H2,1-4H3,(H,27,32)/t12-/m1/s1. The van der Waals surface area contributed by atoms with Crippen molar-refractivity contribution in [1.82, 2.24) is 14.7 Å². The molecular weight excluding hydrogens is 445 g/mol. The van der Waals surface area contributed by atoms with E-state index >= 15 is 0 Å². The number of fused-ring (bicyclic) bond motifs is 1. The lowest BCUT2D eigenvalue weighted by Crippen LogP contribution is -2.40. The summed E-state index contributed by atoms with van der Waals surface area (Å²) < 4.78 is 42.3. The lowest BCUT2D eigenvalue weighted by atomic mass is 10.0. The minimum absolute atomic E-state index is 0.0431. The average Bonchev–Trinajstić information content (AvgIpc) is 2.72. The van der Waals surface area contributed by atoms with Gasteiger partial charge in [0.15, 0.2) is 11.6 Å². The molecule has 0 unspecified atom stereocenters. The molecule has 2 aromatic carbocycles. The number of urea groups is 1. The molecule has 0 spiro atoms. The zero-order valence-corrected chi connectivity index (χ0v) is 18.7. The molecule has 3 aromatic rings. The van der Waals surface area contributed by atoms with Gasteiger partial charge in [0.05, 0.1) is 22.1 Å². The molecule has 1 aromatic heterocycles. The highest BCUT2D eigenvalue weighted by molar-refractivity contribution is 6.31. The second-order valence-corrected chi connectivity index (χ2v) is 8.31. The summed E-state index contributed by atoms with van der Waals surface area (Å²) in [4.78, 5) is 27.0. The monoisotopic (exact) mass is 466 g/mol. The molecule has 1 heterocycles. The predicted octanol–water partition coefficient (Wildman–Crippen LogP) is 5.26. The van der Waals surface area contributed by atoms with Crippen LogP contribution in [0.2, 0.25) is 5.02 Å². The number of hydrogen-bond donors (Lipinski definition) is 1. The Bertz CT molecular complexity index is 1250. The SMILES string of the molecule is CC(C)CN(C(=O)Nc1ccc(F)c(Cl)c1)[C@H](C)c1nn(C)c(=O)c2cc(F)c(F)cc12. The van der Waals surface area contributed by atoms with Gasteiger partial charge in [-0.25, -0.2) is 22.6 Å². The van der Waals surface area contributed by atoms with Crippen molar-refractivity contribution < 1.29 is 18.0 Å². The van der Waals surface area contributed by atoms with Gasteiger partial charge in [0, 0.05) is 24.7 Å². The summed E-state index contributed by atoms with van der Waals surface area (Å²) in [6, 6.07) is 4.29. The molecule has 0 saturated carbocycles. The van der Waals surface area contributed by atoms with Gasteiger partial charge in [-0.2, -0.15) is 5.10 Å². The highest BCUT2D eigenvalue weighted by Gasteiger charge is 2.27. The van der Waals surface area contributed by atoms with Crippen LogP contribution in [0.25, 0.3) is 10.8 Å². The van der Waals surface area contributed by atoms with Crippen molar-refractivity contribution in [2.75, 3.05) is 11.9 Å². The number of rotatable bonds is 5. The number of carbonyl (C=O) groups is 1. The zero-order valence-electron chi connectivity index (χ0n) is 17.9. The predicted molar refractivity (Wildman–Crippen MR) is 117 cm³/mol. The van der Waals surface area contributed by atoms with E-state index in [-0.39, 0.29) is 39.6 Å². The molecule has 2 amide bonds. The largest absolute Gasteiger partial charge is 0.322 e. The van der Waals surface area contributed by atoms with Gasteiger partial charge in [0.25, 0.3) is 5.56 Å². The lowest BCUT2D eigenvalue weighted by Gasteiger charge is -2.31. The molecule has 170 valence electrons. The molecule has 0 aliphatic heterocycles. The van der Waals surface area contributed by atoms with E-state index < -0.39 is 35.1 Å². The molecule has 6 nitrogen and oxygen atoms in total. The highest BCUT2D eigenvalue weighted by atomic mass is 35.5. The first-order valence-corrected chi connectivity index (χ1v) is 10.3. The van der Waals surface area contributed by atoms with Crippen molar-refractivity contribution in [3.05, 3.63) is 68.9 Å². The number of nitrogens with zero attached hydrogens (tertiary/aromatic N) is 3. The van der Waals surface area contributed by atoms with Gasteiger partial charge in [-0.3, -0.25) is 4.79 Å². The van der Waals surface area contributed by atoms with Crippen LogP contribution in [0.3, 0.4) is 0 Å². The van der Waals surface area contributed by atoms with Gasteiger partial charge in [0.1, 0.15) is 5.82 Å². The van der Waals surface area contributed by atoms with E-state index in [2.05, 4.69) is 10.4 Å². The van der Waals surface area contributed by atoms with Crippen LogP contribution in [-0.4, -0.2) is 27.3 Å². The van der Waals surface area contributed by atoms with Crippen molar-refractivity contribution in [3.63, 3.8) is 0 Å². The molecule has 10 heteroatoms. The van der Waals surface area contributed by atoms with Crippen LogP contribution < -0.4 is 10.9 Å². The van der Waals surface area contributed by atoms with Crippen molar-refractivity contribution in [3.8, 4) is 0 Å². The Kier molecular flexibility index (Phi) is 6.78. The number of benzene rings is 2. The molecule has 0 bridgehead atoms. The summed E-state index contributed by atoms with van der Waals surface area (Å²) in [5, 5.41) is 6.83. The van der Waals surface area contributed by atoms with Crippen LogP contribution in [-0.2, 0) is 7.05 Å². The Hall–Kier alpha value is -3.07. The Morgan fingerprint density at radius 2 is 1.72 bits per heavy atom. The fourth-order valence-corrected chi connectivity index (χ4v) is 3.59. The first-order valence-electron chi connectivity index (χ1n) is 9.88. The minimum atomic E-state index is -1.15. The molecule has 0 aliphatic carbocycles. The Morgan fingerprint density at radius 1 is 1.09 bits per heavy atom. The topological polar surface area (TPSA) is 67.2 Å². The van der Waals surface area contributed by atoms with Gasteiger partial charge < -0.3 is 10.2 Å². The van der Waals surface area contributed by atoms with Crippen LogP contribution in [0, 0.1) is 23.4 Å². The van der Waals surface area contributed by atoms with E-state index in [0.29, 0.717) is 0 Å². The van der Waals surface area contributed by atoms with Crippen LogP contribution in [0.1, 0.15) is 32.5 Å². The molecule has 0 fully saturated rings. The Balaban J connectivity index is 2.06. The fraction of sp³-hybridized carbons (Fsp3) is 0.318. The third-order valence-corrected chi connectivity index (χ3v) is 5.26. The number of anilines is 1. The molecule has 0 aliphatic rings. The Morgan fingerprint density at radius 3 is 2.31 bits per heavy atom. The summed E-state index contributed by atoms with van der Waals surface area (Å²) in [7, 11) is 1.40. The summed E-state index contributed by atoms with van der Waals surface area (Å²) in [6.45, 7) is 5.77. The van der Waals surface area contributed by atoms with E-state index in [1.165, 1.54) is 24.1 Å². The molecule has 0 saturated heterocycles. The highest BCUT2D eigenvalue weighted by Crippen LogP contribution is 2.28. The van der Waals surface area contributed by atoms with E-state index in [0.717, 1.165) is 22.9 Å². The van der Waals surface area contributed by atoms with E-state index in [1.807, 2.05) is 13.8 Å². The number of hydrogen-bond acceptors (Lipinski definition) is 3. The normalized spacial score (nSPS) is 12.3. The maximum atomic E-state index is 14.0. The number of carbonyl (C=O) groups excluding carboxylic acids is 1. The van der Waals surface area contributed by atoms with Crippen molar-refractivity contribution in [1.29, 1.82) is 0 Å². The van der Waals surface area contributed by atoms with Gasteiger partial charge in [-0.15, -0.1) is 0 Å². The van der Waals surface area contributed by atoms with Crippen molar-refractivity contribution in [2.45, 2.75) is 26.8 Å². The quantitative estimate of drug-likeness (QED) is 0.558. The van der Waals surface area contributed by atoms with Crippen molar-refractivity contribution >= 4 is 34.1 Å². The third-order valence-electron chi connectivity index (χ3n) is 4.98. The molecule has 1 N–H and O–H groups in total. The summed E-state index contributed by atoms with van der Waals surface area (Å²) in [5.74, 6) is -2.84. The molecule has 3 rings (SSSR count). The summed E-state index contributed by atoms with van der Waals surface area (Å²) in [6.07, 6.45) is 0. The first kappa shape index (κ1) is 23.6. The molecular formula is C22H22ClF3N4O2. The van der Waals surface area contributed by atoms with E-state index in [1.54, 1.807) is 6.92 Å². The van der Waals surface area contributed by atoms with Crippen molar-refractivity contribution in [2.24, 2.45) is 13.0 Å². The number of nitrogens with one attached hydrogen (secondary N) is 1. The van der Waals surface area contributed by atoms with E-state index in [9.17, 15) is 22.8 Å². The second-order valence-electron chi connectivity index (χ2n) is 7.91. The summed E-state index contributed by atoms with van der Waals surface area (Å²) >= 11 is 5.80. The van der Waals surface area contributed by atoms with Crippen LogP contribution in [0.5, 0.6) is 0 Å². The molecule has 0 radical (unpaired) electrons. The fourth-order valence-electron chi connectivity index (χ4n) is 3.41. The maximum absolute atomic E-state index is 14.0. The average molecular weight is 467 g/mol. The van der Waals surface area contributed by atoms with Crippen LogP contribution in [0.4, 0.5) is 23.7 Å². The smallest absolute Gasteiger partial charge is 0.316 e. The first-order chi connectivity index (χ1) is 15.0. The lowest BCUT2D eigenvalue weighted by molar-refractivity contribution is 0.182. The number of aromatic nitrogens is 2. The molecule has 32 heavy (non-hydrogen) atoms. The van der Waals surface area contributed by atoms with Crippen LogP contribution >= 0.6 is 11.6 Å². The van der Waals surface area contributed by atoms with Crippen LogP contribution in [0.15, 0.2) is 35.1 Å². The summed E-state index contributed by atoms with van der Waals surface area (Å²) in [5.41, 5.74) is -0.0710. The number of halogens is 4. The van der Waals surface area contributed by atoms with Gasteiger partial charge in [0.2, 0.25) is 0 Å². The maximum Gasteiger partial charge on any atom is 0.322 e. The van der Waals surface area contributed by atoms with Gasteiger partial charge in [-0.1, -0.05) is 25.4 Å². The van der Waals surface area contributed by atoms with Gasteiger partial charge >= 0.3 is 6.03 Å². The number of amides is 2. The van der Waals surface area contributed by atoms with E-state index in [4.69, 9.17) is 11.6 Å².